The highest BCUT2D eigenvalue weighted by molar-refractivity contribution is 9.10. The Kier molecular flexibility index (Phi) is 2.63. The van der Waals surface area contributed by atoms with Crippen LogP contribution in [0.15, 0.2) is 26.0 Å². The van der Waals surface area contributed by atoms with Crippen molar-refractivity contribution >= 4 is 15.9 Å². The Hall–Kier alpha value is -1.36. The zero-order valence-corrected chi connectivity index (χ0v) is 10.7. The predicted octanol–water partition coefficient (Wildman–Crippen LogP) is 2.67. The van der Waals surface area contributed by atoms with E-state index >= 15 is 0 Å². The number of furan rings is 1. The van der Waals surface area contributed by atoms with Crippen LogP contribution in [-0.2, 0) is 12.8 Å². The maximum atomic E-state index is 11.9. The van der Waals surface area contributed by atoms with E-state index in [1.165, 1.54) is 0 Å². The van der Waals surface area contributed by atoms with Gasteiger partial charge in [0.25, 0.3) is 5.56 Å². The number of halogens is 1. The maximum absolute atomic E-state index is 11.9. The molecular weight excluding hydrogens is 284 g/mol. The number of aromatic nitrogens is 2. The number of fused-ring (bicyclic) bond motifs is 1. The normalized spacial score (nSPS) is 14.6. The van der Waals surface area contributed by atoms with Crippen LogP contribution in [0.1, 0.15) is 24.1 Å². The lowest BCUT2D eigenvalue weighted by Gasteiger charge is -2.13. The van der Waals surface area contributed by atoms with E-state index < -0.39 is 0 Å². The van der Waals surface area contributed by atoms with Gasteiger partial charge in [-0.15, -0.1) is 0 Å². The minimum absolute atomic E-state index is 0.0303. The van der Waals surface area contributed by atoms with E-state index in [-0.39, 0.29) is 5.56 Å². The molecule has 0 spiro atoms. The number of nitrogens with one attached hydrogen (secondary N) is 1. The first-order valence-corrected chi connectivity index (χ1v) is 6.41. The summed E-state index contributed by atoms with van der Waals surface area (Å²) < 4.78 is 6.03. The Bertz CT molecular complexity index is 615. The van der Waals surface area contributed by atoms with Crippen LogP contribution in [0.5, 0.6) is 0 Å². The third-order valence-corrected chi connectivity index (χ3v) is 3.42. The van der Waals surface area contributed by atoms with Crippen LogP contribution >= 0.6 is 15.9 Å². The van der Waals surface area contributed by atoms with Crippen LogP contribution in [0.3, 0.4) is 0 Å². The fraction of sp³-hybridized carbons (Fsp3) is 0.333. The van der Waals surface area contributed by atoms with E-state index in [4.69, 9.17) is 4.42 Å². The highest BCUT2D eigenvalue weighted by Gasteiger charge is 2.17. The molecule has 1 aliphatic rings. The van der Waals surface area contributed by atoms with Gasteiger partial charge in [0.1, 0.15) is 0 Å². The van der Waals surface area contributed by atoms with E-state index in [0.717, 1.165) is 36.9 Å². The number of rotatable bonds is 1. The zero-order valence-electron chi connectivity index (χ0n) is 9.12. The van der Waals surface area contributed by atoms with Gasteiger partial charge in [0.2, 0.25) is 0 Å². The Morgan fingerprint density at radius 3 is 2.88 bits per heavy atom. The average Bonchev–Trinajstić information content (AvgIpc) is 2.76. The SMILES string of the molecule is O=c1[nH]c(-c2ccc(Br)o2)nc2c1CCCC2. The molecule has 0 amide bonds. The Morgan fingerprint density at radius 2 is 2.12 bits per heavy atom. The molecule has 0 aromatic carbocycles. The lowest BCUT2D eigenvalue weighted by atomic mass is 9.97. The molecule has 4 nitrogen and oxygen atoms in total. The molecule has 0 atom stereocenters. The second kappa shape index (κ2) is 4.14. The van der Waals surface area contributed by atoms with E-state index in [2.05, 4.69) is 25.9 Å². The number of H-pyrrole nitrogens is 1. The summed E-state index contributed by atoms with van der Waals surface area (Å²) in [7, 11) is 0. The van der Waals surface area contributed by atoms with Crippen LogP contribution in [0.25, 0.3) is 11.6 Å². The molecule has 0 fully saturated rings. The molecular formula is C12H11BrN2O2. The molecule has 0 bridgehead atoms. The standard InChI is InChI=1S/C12H11BrN2O2/c13-10-6-5-9(17-10)11-14-8-4-2-1-3-7(8)12(16)15-11/h5-6H,1-4H2,(H,14,15,16). The fourth-order valence-corrected chi connectivity index (χ4v) is 2.47. The van der Waals surface area contributed by atoms with Crippen LogP contribution in [-0.4, -0.2) is 9.97 Å². The molecule has 0 saturated carbocycles. The van der Waals surface area contributed by atoms with Gasteiger partial charge < -0.3 is 9.40 Å². The van der Waals surface area contributed by atoms with Gasteiger partial charge in [-0.3, -0.25) is 4.79 Å². The first kappa shape index (κ1) is 10.8. The summed E-state index contributed by atoms with van der Waals surface area (Å²) in [6.45, 7) is 0. The minimum atomic E-state index is -0.0303. The first-order chi connectivity index (χ1) is 8.24. The number of aromatic amines is 1. The van der Waals surface area contributed by atoms with Gasteiger partial charge in [-0.25, -0.2) is 4.98 Å². The third-order valence-electron chi connectivity index (χ3n) is 3.00. The maximum Gasteiger partial charge on any atom is 0.254 e. The quantitative estimate of drug-likeness (QED) is 0.880. The lowest BCUT2D eigenvalue weighted by Crippen LogP contribution is -2.21. The molecule has 17 heavy (non-hydrogen) atoms. The van der Waals surface area contributed by atoms with Crippen molar-refractivity contribution in [3.8, 4) is 11.6 Å². The second-order valence-corrected chi connectivity index (χ2v) is 4.93. The molecule has 0 unspecified atom stereocenters. The van der Waals surface area contributed by atoms with Crippen molar-refractivity contribution in [3.63, 3.8) is 0 Å². The summed E-state index contributed by atoms with van der Waals surface area (Å²) in [5.74, 6) is 1.10. The molecule has 2 aromatic rings. The van der Waals surface area contributed by atoms with Gasteiger partial charge >= 0.3 is 0 Å². The van der Waals surface area contributed by atoms with Crippen molar-refractivity contribution in [1.82, 2.24) is 9.97 Å². The second-order valence-electron chi connectivity index (χ2n) is 4.15. The zero-order chi connectivity index (χ0) is 11.8. The Balaban J connectivity index is 2.13. The van der Waals surface area contributed by atoms with E-state index in [1.54, 1.807) is 12.1 Å². The largest absolute Gasteiger partial charge is 0.446 e. The highest BCUT2D eigenvalue weighted by Crippen LogP contribution is 2.23. The summed E-state index contributed by atoms with van der Waals surface area (Å²) in [6, 6.07) is 3.58. The average molecular weight is 295 g/mol. The number of hydrogen-bond acceptors (Lipinski definition) is 3. The summed E-state index contributed by atoms with van der Waals surface area (Å²) in [6.07, 6.45) is 3.89. The van der Waals surface area contributed by atoms with E-state index in [9.17, 15) is 4.79 Å². The number of hydrogen-bond donors (Lipinski definition) is 1. The van der Waals surface area contributed by atoms with Crippen molar-refractivity contribution in [2.45, 2.75) is 25.7 Å². The molecule has 88 valence electrons. The molecule has 1 aliphatic carbocycles. The van der Waals surface area contributed by atoms with Crippen molar-refractivity contribution in [2.24, 2.45) is 0 Å². The molecule has 0 saturated heterocycles. The Morgan fingerprint density at radius 1 is 1.29 bits per heavy atom. The van der Waals surface area contributed by atoms with Gasteiger partial charge in [0.15, 0.2) is 16.3 Å². The number of aryl methyl sites for hydroxylation is 1. The first-order valence-electron chi connectivity index (χ1n) is 5.62. The minimum Gasteiger partial charge on any atom is -0.446 e. The monoisotopic (exact) mass is 294 g/mol. The third kappa shape index (κ3) is 1.95. The molecule has 0 aliphatic heterocycles. The van der Waals surface area contributed by atoms with Crippen LogP contribution in [0, 0.1) is 0 Å². The van der Waals surface area contributed by atoms with Crippen molar-refractivity contribution in [2.75, 3.05) is 0 Å². The summed E-state index contributed by atoms with van der Waals surface area (Å²) in [4.78, 5) is 19.2. The number of nitrogens with zero attached hydrogens (tertiary/aromatic N) is 1. The van der Waals surface area contributed by atoms with Gasteiger partial charge in [-0.2, -0.15) is 0 Å². The van der Waals surface area contributed by atoms with Gasteiger partial charge in [-0.05, 0) is 53.7 Å². The predicted molar refractivity (Wildman–Crippen MR) is 66.9 cm³/mol. The molecule has 3 rings (SSSR count). The molecule has 5 heteroatoms. The summed E-state index contributed by atoms with van der Waals surface area (Å²) in [5, 5.41) is 0. The van der Waals surface area contributed by atoms with Crippen molar-refractivity contribution in [1.29, 1.82) is 0 Å². The van der Waals surface area contributed by atoms with E-state index in [0.29, 0.717) is 16.3 Å². The van der Waals surface area contributed by atoms with Crippen molar-refractivity contribution in [3.05, 3.63) is 38.4 Å². The van der Waals surface area contributed by atoms with E-state index in [1.807, 2.05) is 0 Å². The smallest absolute Gasteiger partial charge is 0.254 e. The van der Waals surface area contributed by atoms with Crippen LogP contribution < -0.4 is 5.56 Å². The van der Waals surface area contributed by atoms with Gasteiger partial charge in [0.05, 0.1) is 5.69 Å². The molecule has 2 heterocycles. The lowest BCUT2D eigenvalue weighted by molar-refractivity contribution is 0.549. The topological polar surface area (TPSA) is 58.9 Å². The fourth-order valence-electron chi connectivity index (χ4n) is 2.16. The molecule has 2 aromatic heterocycles. The van der Waals surface area contributed by atoms with Gasteiger partial charge in [0, 0.05) is 5.56 Å². The summed E-state index contributed by atoms with van der Waals surface area (Å²) in [5.41, 5.74) is 1.73. The van der Waals surface area contributed by atoms with Crippen molar-refractivity contribution < 1.29 is 4.42 Å². The van der Waals surface area contributed by atoms with Gasteiger partial charge in [-0.1, -0.05) is 0 Å². The summed E-state index contributed by atoms with van der Waals surface area (Å²) >= 11 is 3.24. The van der Waals surface area contributed by atoms with Crippen LogP contribution in [0.2, 0.25) is 0 Å². The molecule has 1 N–H and O–H groups in total. The molecule has 0 radical (unpaired) electrons. The van der Waals surface area contributed by atoms with Crippen LogP contribution in [0.4, 0.5) is 0 Å². The highest BCUT2D eigenvalue weighted by atomic mass is 79.9. The Labute approximate surface area is 106 Å².